The maximum absolute atomic E-state index is 12.2. The van der Waals surface area contributed by atoms with Crippen molar-refractivity contribution in [2.75, 3.05) is 23.2 Å². The predicted octanol–water partition coefficient (Wildman–Crippen LogP) is 0.308. The lowest BCUT2D eigenvalue weighted by Crippen LogP contribution is -2.41. The van der Waals surface area contributed by atoms with Crippen LogP contribution in [0, 0.1) is 0 Å². The summed E-state index contributed by atoms with van der Waals surface area (Å²) in [6.07, 6.45) is 1.13. The molecule has 1 amide bonds. The highest BCUT2D eigenvalue weighted by Crippen LogP contribution is 2.19. The van der Waals surface area contributed by atoms with E-state index in [0.717, 1.165) is 11.3 Å². The lowest BCUT2D eigenvalue weighted by atomic mass is 10.2. The van der Waals surface area contributed by atoms with Gasteiger partial charge in [-0.1, -0.05) is 0 Å². The average molecular weight is 414 g/mol. The molecule has 1 atom stereocenters. The fourth-order valence-corrected chi connectivity index (χ4v) is 3.84. The molecule has 0 radical (unpaired) electrons. The number of aliphatic hydroxyl groups is 1. The number of aromatic nitrogens is 1. The summed E-state index contributed by atoms with van der Waals surface area (Å²) >= 11 is 1.14. The minimum Gasteiger partial charge on any atom is -0.480 e. The zero-order valence-electron chi connectivity index (χ0n) is 14.0. The molecule has 5 N–H and O–H groups in total. The summed E-state index contributed by atoms with van der Waals surface area (Å²) in [6.45, 7) is -0.209. The monoisotopic (exact) mass is 414 g/mol. The van der Waals surface area contributed by atoms with Crippen molar-refractivity contribution in [3.63, 3.8) is 0 Å². The second-order valence-electron chi connectivity index (χ2n) is 5.29. The van der Waals surface area contributed by atoms with E-state index in [9.17, 15) is 18.0 Å². The van der Waals surface area contributed by atoms with E-state index < -0.39 is 27.9 Å². The maximum Gasteiger partial charge on any atom is 0.321 e. The molecule has 27 heavy (non-hydrogen) atoms. The van der Waals surface area contributed by atoms with Crippen molar-refractivity contribution in [1.29, 1.82) is 0 Å². The average Bonchev–Trinajstić information content (AvgIpc) is 3.11. The van der Waals surface area contributed by atoms with Crippen LogP contribution < -0.4 is 15.4 Å². The standard InChI is InChI=1S/C15H18N4O6S2/c20-7-5-16-12(14(22)23)9-13(21)18-10-1-3-11(4-2-10)27(24,25)19-15-17-6-8-26-15/h1-4,6,8,12,16,20H,5,7,9H2,(H,17,19)(H,18,21)(H,22,23)/t12-/m0/s1. The van der Waals surface area contributed by atoms with Gasteiger partial charge in [-0.15, -0.1) is 11.3 Å². The molecule has 0 saturated heterocycles. The molecule has 0 aliphatic heterocycles. The van der Waals surface area contributed by atoms with E-state index in [4.69, 9.17) is 10.2 Å². The van der Waals surface area contributed by atoms with Gasteiger partial charge >= 0.3 is 5.97 Å². The van der Waals surface area contributed by atoms with Crippen molar-refractivity contribution in [2.45, 2.75) is 17.4 Å². The summed E-state index contributed by atoms with van der Waals surface area (Å²) < 4.78 is 26.8. The molecule has 146 valence electrons. The molecule has 1 heterocycles. The number of aliphatic carboxylic acids is 1. The van der Waals surface area contributed by atoms with Crippen LogP contribution in [-0.2, 0) is 19.6 Å². The van der Waals surface area contributed by atoms with Gasteiger partial charge in [0.05, 0.1) is 17.9 Å². The lowest BCUT2D eigenvalue weighted by molar-refractivity contribution is -0.141. The van der Waals surface area contributed by atoms with Gasteiger partial charge in [-0.2, -0.15) is 0 Å². The third kappa shape index (κ3) is 6.29. The minimum atomic E-state index is -3.80. The Morgan fingerprint density at radius 2 is 1.93 bits per heavy atom. The third-order valence-electron chi connectivity index (χ3n) is 3.29. The molecule has 2 rings (SSSR count). The van der Waals surface area contributed by atoms with Crippen LogP contribution in [0.3, 0.4) is 0 Å². The first-order valence-corrected chi connectivity index (χ1v) is 10.1. The van der Waals surface area contributed by atoms with Crippen molar-refractivity contribution in [2.24, 2.45) is 0 Å². The molecule has 0 spiro atoms. The molecule has 0 bridgehead atoms. The van der Waals surface area contributed by atoms with Gasteiger partial charge in [0.1, 0.15) is 6.04 Å². The SMILES string of the molecule is O=C(C[C@H](NCCO)C(=O)O)Nc1ccc(S(=O)(=O)Nc2nccs2)cc1. The van der Waals surface area contributed by atoms with Gasteiger partial charge < -0.3 is 20.8 Å². The van der Waals surface area contributed by atoms with Crippen LogP contribution in [0.5, 0.6) is 0 Å². The highest BCUT2D eigenvalue weighted by Gasteiger charge is 2.21. The molecule has 0 aliphatic carbocycles. The van der Waals surface area contributed by atoms with E-state index in [-0.39, 0.29) is 29.6 Å². The molecule has 1 aromatic heterocycles. The maximum atomic E-state index is 12.2. The van der Waals surface area contributed by atoms with Gasteiger partial charge in [0.25, 0.3) is 10.0 Å². The summed E-state index contributed by atoms with van der Waals surface area (Å²) in [4.78, 5) is 26.9. The molecule has 0 fully saturated rings. The van der Waals surface area contributed by atoms with Gasteiger partial charge in [0.15, 0.2) is 5.13 Å². The Labute approximate surface area is 159 Å². The molecule has 0 saturated carbocycles. The Morgan fingerprint density at radius 3 is 2.48 bits per heavy atom. The van der Waals surface area contributed by atoms with Gasteiger partial charge in [0, 0.05) is 23.8 Å². The second kappa shape index (κ2) is 9.41. The molecule has 0 aliphatic rings. The first-order chi connectivity index (χ1) is 12.8. The number of aliphatic hydroxyl groups excluding tert-OH is 1. The number of nitrogens with one attached hydrogen (secondary N) is 3. The summed E-state index contributed by atoms with van der Waals surface area (Å²) in [7, 11) is -3.80. The number of hydrogen-bond acceptors (Lipinski definition) is 8. The smallest absolute Gasteiger partial charge is 0.321 e. The molecular weight excluding hydrogens is 396 g/mol. The number of nitrogens with zero attached hydrogens (tertiary/aromatic N) is 1. The Balaban J connectivity index is 1.98. The number of amides is 1. The number of carboxylic acids is 1. The molecule has 2 aromatic rings. The van der Waals surface area contributed by atoms with Crippen LogP contribution in [0.4, 0.5) is 10.8 Å². The number of benzene rings is 1. The van der Waals surface area contributed by atoms with Crippen molar-refractivity contribution < 1.29 is 28.2 Å². The summed E-state index contributed by atoms with van der Waals surface area (Å²) in [5.41, 5.74) is 0.319. The topological polar surface area (TPSA) is 158 Å². The van der Waals surface area contributed by atoms with Crippen LogP contribution in [0.15, 0.2) is 40.7 Å². The number of sulfonamides is 1. The lowest BCUT2D eigenvalue weighted by Gasteiger charge is -2.13. The van der Waals surface area contributed by atoms with Crippen molar-refractivity contribution >= 4 is 44.1 Å². The minimum absolute atomic E-state index is 0.0104. The van der Waals surface area contributed by atoms with E-state index >= 15 is 0 Å². The van der Waals surface area contributed by atoms with Crippen molar-refractivity contribution in [3.05, 3.63) is 35.8 Å². The molecule has 10 nitrogen and oxygen atoms in total. The van der Waals surface area contributed by atoms with Crippen LogP contribution >= 0.6 is 11.3 Å². The molecular formula is C15H18N4O6S2. The molecule has 1 aromatic carbocycles. The normalized spacial score (nSPS) is 12.3. The summed E-state index contributed by atoms with van der Waals surface area (Å²) in [5, 5.41) is 24.7. The van der Waals surface area contributed by atoms with E-state index in [0.29, 0.717) is 5.69 Å². The summed E-state index contributed by atoms with van der Waals surface area (Å²) in [6, 6.07) is 4.27. The third-order valence-corrected chi connectivity index (χ3v) is 5.47. The Hall–Kier alpha value is -2.54. The van der Waals surface area contributed by atoms with Gasteiger partial charge in [0.2, 0.25) is 5.91 Å². The summed E-state index contributed by atoms with van der Waals surface area (Å²) in [5.74, 6) is -1.78. The number of hydrogen-bond donors (Lipinski definition) is 5. The predicted molar refractivity (Wildman–Crippen MR) is 99.1 cm³/mol. The Kier molecular flexibility index (Phi) is 7.24. The molecule has 0 unspecified atom stereocenters. The van der Waals surface area contributed by atoms with Crippen LogP contribution in [0.1, 0.15) is 6.42 Å². The van der Waals surface area contributed by atoms with Gasteiger partial charge in [-0.25, -0.2) is 13.4 Å². The van der Waals surface area contributed by atoms with E-state index in [1.165, 1.54) is 30.5 Å². The Morgan fingerprint density at radius 1 is 1.22 bits per heavy atom. The highest BCUT2D eigenvalue weighted by molar-refractivity contribution is 7.93. The van der Waals surface area contributed by atoms with Crippen LogP contribution in [0.25, 0.3) is 0 Å². The number of rotatable bonds is 10. The second-order valence-corrected chi connectivity index (χ2v) is 7.86. The van der Waals surface area contributed by atoms with Crippen LogP contribution in [-0.4, -0.2) is 54.7 Å². The molecule has 12 heteroatoms. The van der Waals surface area contributed by atoms with E-state index in [1.807, 2.05) is 0 Å². The van der Waals surface area contributed by atoms with Gasteiger partial charge in [-0.3, -0.25) is 14.3 Å². The first kappa shape index (κ1) is 20.8. The van der Waals surface area contributed by atoms with Gasteiger partial charge in [-0.05, 0) is 24.3 Å². The number of carboxylic acid groups (broad SMARTS) is 1. The highest BCUT2D eigenvalue weighted by atomic mass is 32.2. The zero-order valence-corrected chi connectivity index (χ0v) is 15.6. The number of carbonyl (C=O) groups excluding carboxylic acids is 1. The largest absolute Gasteiger partial charge is 0.480 e. The quantitative estimate of drug-likeness (QED) is 0.371. The number of carbonyl (C=O) groups is 2. The van der Waals surface area contributed by atoms with Crippen molar-refractivity contribution in [3.8, 4) is 0 Å². The van der Waals surface area contributed by atoms with E-state index in [1.54, 1.807) is 5.38 Å². The zero-order chi connectivity index (χ0) is 19.9. The number of thiazole rings is 1. The van der Waals surface area contributed by atoms with Crippen LogP contribution in [0.2, 0.25) is 0 Å². The fraction of sp³-hybridized carbons (Fsp3) is 0.267. The first-order valence-electron chi connectivity index (χ1n) is 7.71. The Bertz CT molecular complexity index is 868. The van der Waals surface area contributed by atoms with Crippen molar-refractivity contribution in [1.82, 2.24) is 10.3 Å². The van der Waals surface area contributed by atoms with E-state index in [2.05, 4.69) is 20.3 Å². The number of anilines is 2. The fourth-order valence-electron chi connectivity index (χ4n) is 2.05.